The second-order valence-corrected chi connectivity index (χ2v) is 8.24. The van der Waals surface area contributed by atoms with Crippen LogP contribution in [0.4, 0.5) is 5.95 Å². The molecule has 2 aliphatic rings. The van der Waals surface area contributed by atoms with Gasteiger partial charge in [0.2, 0.25) is 5.95 Å². The Labute approximate surface area is 196 Å². The van der Waals surface area contributed by atoms with E-state index in [-0.39, 0.29) is 5.78 Å². The topological polar surface area (TPSA) is 87.5 Å². The summed E-state index contributed by atoms with van der Waals surface area (Å²) in [5.41, 5.74) is 2.97. The van der Waals surface area contributed by atoms with Crippen molar-refractivity contribution in [3.63, 3.8) is 0 Å². The smallest absolute Gasteiger partial charge is 0.226 e. The summed E-state index contributed by atoms with van der Waals surface area (Å²) in [5.74, 6) is 2.72. The van der Waals surface area contributed by atoms with Gasteiger partial charge in [-0.25, -0.2) is 4.68 Å². The molecule has 0 bridgehead atoms. The van der Waals surface area contributed by atoms with Crippen LogP contribution < -0.4 is 19.5 Å². The van der Waals surface area contributed by atoms with Crippen LogP contribution in [0.1, 0.15) is 30.9 Å². The van der Waals surface area contributed by atoms with E-state index in [2.05, 4.69) is 5.32 Å². The number of carbonyl (C=O) groups is 1. The number of allylic oxidation sites excluding steroid dienone is 2. The van der Waals surface area contributed by atoms with Crippen molar-refractivity contribution in [2.24, 2.45) is 0 Å². The van der Waals surface area contributed by atoms with Gasteiger partial charge in [-0.3, -0.25) is 4.79 Å². The molecule has 9 heteroatoms. The van der Waals surface area contributed by atoms with Crippen LogP contribution in [0, 0.1) is 0 Å². The molecule has 33 heavy (non-hydrogen) atoms. The third-order valence-corrected chi connectivity index (χ3v) is 6.34. The molecule has 170 valence electrons. The average Bonchev–Trinajstić information content (AvgIpc) is 3.25. The molecule has 8 nitrogen and oxygen atoms in total. The van der Waals surface area contributed by atoms with Gasteiger partial charge in [0.25, 0.3) is 0 Å². The van der Waals surface area contributed by atoms with Crippen molar-refractivity contribution in [2.75, 3.05) is 26.6 Å². The lowest BCUT2D eigenvalue weighted by molar-refractivity contribution is -0.116. The predicted molar refractivity (Wildman–Crippen MR) is 124 cm³/mol. The summed E-state index contributed by atoms with van der Waals surface area (Å²) in [4.78, 5) is 17.9. The summed E-state index contributed by atoms with van der Waals surface area (Å²) in [6.45, 7) is 0. The first kappa shape index (κ1) is 21.3. The molecule has 2 heterocycles. The number of methoxy groups -OCH3 is 3. The molecule has 1 atom stereocenters. The van der Waals surface area contributed by atoms with Crippen LogP contribution >= 0.6 is 11.6 Å². The molecule has 1 N–H and O–H groups in total. The fraction of sp³-hybridized carbons (Fsp3) is 0.292. The molecule has 0 saturated heterocycles. The maximum Gasteiger partial charge on any atom is 0.226 e. The third kappa shape index (κ3) is 3.51. The zero-order valence-corrected chi connectivity index (χ0v) is 19.3. The second kappa shape index (κ2) is 8.44. The monoisotopic (exact) mass is 466 g/mol. The maximum atomic E-state index is 13.2. The van der Waals surface area contributed by atoms with E-state index in [0.717, 1.165) is 24.1 Å². The number of Topliss-reactive ketones (excluding diaryl/α,β-unsaturated/α-hetero) is 1. The molecule has 0 amide bonds. The molecule has 1 aliphatic heterocycles. The molecule has 3 aromatic rings. The molecular weight excluding hydrogens is 444 g/mol. The molecule has 0 radical (unpaired) electrons. The zero-order valence-electron chi connectivity index (χ0n) is 18.5. The minimum Gasteiger partial charge on any atom is -0.496 e. The van der Waals surface area contributed by atoms with Crippen molar-refractivity contribution >= 4 is 23.3 Å². The lowest BCUT2D eigenvalue weighted by Gasteiger charge is -2.33. The summed E-state index contributed by atoms with van der Waals surface area (Å²) >= 11 is 6.42. The first-order chi connectivity index (χ1) is 16.0. The number of rotatable bonds is 5. The van der Waals surface area contributed by atoms with Crippen LogP contribution in [0.3, 0.4) is 0 Å². The van der Waals surface area contributed by atoms with Crippen LogP contribution in [0.15, 0.2) is 47.7 Å². The lowest BCUT2D eigenvalue weighted by Crippen LogP contribution is -2.31. The van der Waals surface area contributed by atoms with Crippen molar-refractivity contribution in [3.8, 4) is 28.6 Å². The van der Waals surface area contributed by atoms with Gasteiger partial charge < -0.3 is 19.5 Å². The number of carbonyl (C=O) groups excluding carboxylic acids is 1. The van der Waals surface area contributed by atoms with Crippen LogP contribution in [-0.4, -0.2) is 41.9 Å². The number of fused-ring (bicyclic) bond motifs is 1. The summed E-state index contributed by atoms with van der Waals surface area (Å²) in [5, 5.41) is 8.67. The molecular formula is C24H23ClN4O4. The Morgan fingerprint density at radius 1 is 1.03 bits per heavy atom. The second-order valence-electron chi connectivity index (χ2n) is 7.83. The highest BCUT2D eigenvalue weighted by Gasteiger charge is 2.39. The van der Waals surface area contributed by atoms with Crippen LogP contribution in [0.25, 0.3) is 11.4 Å². The van der Waals surface area contributed by atoms with Gasteiger partial charge in [0, 0.05) is 34.9 Å². The van der Waals surface area contributed by atoms with Crippen LogP contribution in [0.5, 0.6) is 17.2 Å². The van der Waals surface area contributed by atoms with Gasteiger partial charge in [-0.15, -0.1) is 5.10 Å². The van der Waals surface area contributed by atoms with Crippen molar-refractivity contribution < 1.29 is 19.0 Å². The van der Waals surface area contributed by atoms with E-state index in [0.29, 0.717) is 51.6 Å². The quantitative estimate of drug-likeness (QED) is 0.585. The third-order valence-electron chi connectivity index (χ3n) is 6.01. The number of anilines is 1. The Morgan fingerprint density at radius 2 is 1.76 bits per heavy atom. The maximum absolute atomic E-state index is 13.2. The Balaban J connectivity index is 1.75. The Kier molecular flexibility index (Phi) is 5.46. The highest BCUT2D eigenvalue weighted by molar-refractivity contribution is 6.33. The average molecular weight is 467 g/mol. The SMILES string of the molecule is COc1cc(OC)c(C2C3=C(CCCC3=O)Nc3nc(-c4ccccc4Cl)nn32)cc1OC. The molecule has 0 saturated carbocycles. The summed E-state index contributed by atoms with van der Waals surface area (Å²) in [6, 6.07) is 10.5. The van der Waals surface area contributed by atoms with E-state index in [4.69, 9.17) is 35.9 Å². The molecule has 1 unspecified atom stereocenters. The van der Waals surface area contributed by atoms with Crippen molar-refractivity contribution in [1.29, 1.82) is 0 Å². The van der Waals surface area contributed by atoms with Gasteiger partial charge >= 0.3 is 0 Å². The number of ether oxygens (including phenoxy) is 3. The van der Waals surface area contributed by atoms with Gasteiger partial charge in [-0.05, 0) is 31.0 Å². The Hall–Kier alpha value is -3.52. The van der Waals surface area contributed by atoms with E-state index in [1.54, 1.807) is 38.1 Å². The summed E-state index contributed by atoms with van der Waals surface area (Å²) < 4.78 is 18.4. The number of nitrogens with one attached hydrogen (secondary N) is 1. The van der Waals surface area contributed by atoms with Gasteiger partial charge in [-0.1, -0.05) is 23.7 Å². The van der Waals surface area contributed by atoms with E-state index >= 15 is 0 Å². The van der Waals surface area contributed by atoms with E-state index in [1.807, 2.05) is 24.3 Å². The minimum atomic E-state index is -0.539. The fourth-order valence-electron chi connectivity index (χ4n) is 4.47. The van der Waals surface area contributed by atoms with Crippen molar-refractivity contribution in [1.82, 2.24) is 14.8 Å². The molecule has 1 aromatic heterocycles. The number of hydrogen-bond donors (Lipinski definition) is 1. The molecule has 0 fully saturated rings. The standard InChI is InChI=1S/C24H23ClN4O4/c1-31-18-12-20(33-3)19(32-2)11-14(18)22-21-16(9-6-10-17(21)30)26-24-27-23(28-29(22)24)13-7-4-5-8-15(13)25/h4-5,7-8,11-12,22H,6,9-10H2,1-3H3,(H,26,27,28). The fourth-order valence-corrected chi connectivity index (χ4v) is 4.69. The van der Waals surface area contributed by atoms with Gasteiger partial charge in [-0.2, -0.15) is 4.98 Å². The summed E-state index contributed by atoms with van der Waals surface area (Å²) in [6.07, 6.45) is 2.02. The van der Waals surface area contributed by atoms with E-state index in [1.165, 1.54) is 0 Å². The normalized spacial score (nSPS) is 17.2. The highest BCUT2D eigenvalue weighted by Crippen LogP contribution is 2.46. The largest absolute Gasteiger partial charge is 0.496 e. The number of hydrogen-bond acceptors (Lipinski definition) is 7. The number of aromatic nitrogens is 3. The Morgan fingerprint density at radius 3 is 2.48 bits per heavy atom. The van der Waals surface area contributed by atoms with Crippen molar-refractivity contribution in [3.05, 3.63) is 58.3 Å². The lowest BCUT2D eigenvalue weighted by atomic mass is 9.85. The van der Waals surface area contributed by atoms with Gasteiger partial charge in [0.1, 0.15) is 11.8 Å². The predicted octanol–water partition coefficient (Wildman–Crippen LogP) is 4.65. The first-order valence-corrected chi connectivity index (χ1v) is 11.0. The number of ketones is 1. The molecule has 1 aliphatic carbocycles. The van der Waals surface area contributed by atoms with E-state index < -0.39 is 6.04 Å². The number of benzene rings is 2. The molecule has 2 aromatic carbocycles. The first-order valence-electron chi connectivity index (χ1n) is 10.6. The number of halogens is 1. The molecule has 0 spiro atoms. The van der Waals surface area contributed by atoms with Crippen LogP contribution in [0.2, 0.25) is 5.02 Å². The zero-order chi connectivity index (χ0) is 23.1. The number of nitrogens with zero attached hydrogens (tertiary/aromatic N) is 3. The Bertz CT molecular complexity index is 1280. The molecule has 5 rings (SSSR count). The highest BCUT2D eigenvalue weighted by atomic mass is 35.5. The van der Waals surface area contributed by atoms with Gasteiger partial charge in [0.05, 0.1) is 26.4 Å². The van der Waals surface area contributed by atoms with E-state index in [9.17, 15) is 4.79 Å². The minimum absolute atomic E-state index is 0.0750. The van der Waals surface area contributed by atoms with Crippen LogP contribution in [-0.2, 0) is 4.79 Å². The van der Waals surface area contributed by atoms with Crippen molar-refractivity contribution in [2.45, 2.75) is 25.3 Å². The van der Waals surface area contributed by atoms with Gasteiger partial charge in [0.15, 0.2) is 23.1 Å². The summed E-state index contributed by atoms with van der Waals surface area (Å²) in [7, 11) is 4.73.